The minimum Gasteiger partial charge on any atom is -0.457 e. The third-order valence-corrected chi connectivity index (χ3v) is 9.23. The first-order valence-corrected chi connectivity index (χ1v) is 17.3. The van der Waals surface area contributed by atoms with Gasteiger partial charge < -0.3 is 14.3 Å². The van der Waals surface area contributed by atoms with Gasteiger partial charge in [-0.2, -0.15) is 0 Å². The van der Waals surface area contributed by atoms with Crippen LogP contribution in [0.15, 0.2) is 95.4 Å². The van der Waals surface area contributed by atoms with Gasteiger partial charge in [-0.1, -0.05) is 129 Å². The van der Waals surface area contributed by atoms with E-state index in [1.807, 2.05) is 85.8 Å². The summed E-state index contributed by atoms with van der Waals surface area (Å²) in [6, 6.07) is 28.0. The van der Waals surface area contributed by atoms with E-state index < -0.39 is 35.8 Å². The molecule has 1 saturated heterocycles. The van der Waals surface area contributed by atoms with Gasteiger partial charge in [0.05, 0.1) is 6.04 Å². The highest BCUT2D eigenvalue weighted by atomic mass is 16.6. The fourth-order valence-electron chi connectivity index (χ4n) is 6.58. The summed E-state index contributed by atoms with van der Waals surface area (Å²) in [6.45, 7) is 4.07. The first-order chi connectivity index (χ1) is 23.4. The van der Waals surface area contributed by atoms with Crippen molar-refractivity contribution in [3.8, 4) is 11.1 Å². The Kier molecular flexibility index (Phi) is 12.4. The summed E-state index contributed by atoms with van der Waals surface area (Å²) in [5.41, 5.74) is 4.52. The monoisotopic (exact) mass is 649 g/mol. The Bertz CT molecular complexity index is 1650. The molecule has 1 aliphatic heterocycles. The number of benzene rings is 3. The van der Waals surface area contributed by atoms with Gasteiger partial charge in [0.25, 0.3) is 0 Å². The van der Waals surface area contributed by atoms with Gasteiger partial charge in [0, 0.05) is 18.6 Å². The second-order valence-electron chi connectivity index (χ2n) is 12.9. The topological polar surface area (TPSA) is 97.1 Å². The van der Waals surface area contributed by atoms with Gasteiger partial charge in [-0.3, -0.25) is 9.59 Å². The van der Waals surface area contributed by atoms with Crippen LogP contribution in [0.25, 0.3) is 11.1 Å². The van der Waals surface area contributed by atoms with Crippen LogP contribution in [0.4, 0.5) is 4.79 Å². The number of ketones is 1. The van der Waals surface area contributed by atoms with Crippen LogP contribution < -0.4 is 0 Å². The summed E-state index contributed by atoms with van der Waals surface area (Å²) in [7, 11) is 0. The number of hydrogen-bond donors (Lipinski definition) is 1. The Hall–Kier alpha value is -4.49. The number of aliphatic hydroxyl groups excluding tert-OH is 1. The molecule has 0 saturated carbocycles. The largest absolute Gasteiger partial charge is 0.457 e. The third kappa shape index (κ3) is 8.70. The smallest absolute Gasteiger partial charge is 0.417 e. The van der Waals surface area contributed by atoms with Crippen molar-refractivity contribution in [1.29, 1.82) is 0 Å². The predicted molar refractivity (Wildman–Crippen MR) is 187 cm³/mol. The first-order valence-electron chi connectivity index (χ1n) is 17.3. The van der Waals surface area contributed by atoms with Crippen LogP contribution in [-0.2, 0) is 22.4 Å². The summed E-state index contributed by atoms with van der Waals surface area (Å²) in [5, 5.41) is 8.98. The molecule has 1 aromatic heterocycles. The van der Waals surface area contributed by atoms with E-state index in [4.69, 9.17) is 14.3 Å². The molecule has 1 fully saturated rings. The molecular formula is C41H47NO6. The van der Waals surface area contributed by atoms with Gasteiger partial charge in [0.1, 0.15) is 17.8 Å². The van der Waals surface area contributed by atoms with Crippen molar-refractivity contribution in [3.05, 3.63) is 119 Å². The molecule has 3 aromatic carbocycles. The number of Topliss-reactive ketones (excluding diaryl/α,β-unsaturated/α-hetero) is 1. The fraction of sp³-hybridized carbons (Fsp3) is 0.390. The van der Waals surface area contributed by atoms with Crippen molar-refractivity contribution in [2.24, 2.45) is 5.92 Å². The van der Waals surface area contributed by atoms with E-state index in [1.54, 1.807) is 13.0 Å². The molecule has 1 N–H and O–H groups in total. The van der Waals surface area contributed by atoms with E-state index in [9.17, 15) is 14.4 Å². The highest BCUT2D eigenvalue weighted by molar-refractivity contribution is 6.12. The maximum Gasteiger partial charge on any atom is 0.417 e. The molecule has 2 heterocycles. The first kappa shape index (κ1) is 34.8. The number of amides is 2. The van der Waals surface area contributed by atoms with E-state index >= 15 is 0 Å². The number of cyclic esters (lactones) is 1. The number of rotatable bonds is 17. The summed E-state index contributed by atoms with van der Waals surface area (Å²) in [4.78, 5) is 43.0. The number of unbranched alkanes of at least 4 members (excludes halogenated alkanes) is 7. The SMILES string of the molecule is Cc1cccc(-c2cc(C(=O)[C@@H](Cc3ccccc3)C(=O)N3C(=O)O[C@H](c4ccccc4)[C@@H]3C)oc2CCCCCCCCCCO)c1. The predicted octanol–water partition coefficient (Wildman–Crippen LogP) is 9.06. The molecule has 0 unspecified atom stereocenters. The normalized spacial score (nSPS) is 16.6. The van der Waals surface area contributed by atoms with Crippen LogP contribution in [0.2, 0.25) is 0 Å². The molecule has 2 amide bonds. The number of imide groups is 1. The van der Waals surface area contributed by atoms with Crippen molar-refractivity contribution in [2.45, 2.75) is 90.2 Å². The molecule has 1 aliphatic rings. The highest BCUT2D eigenvalue weighted by Crippen LogP contribution is 2.36. The van der Waals surface area contributed by atoms with E-state index in [1.165, 1.54) is 6.42 Å². The van der Waals surface area contributed by atoms with Gasteiger partial charge in [0.2, 0.25) is 11.7 Å². The fourth-order valence-corrected chi connectivity index (χ4v) is 6.58. The molecule has 4 aromatic rings. The molecule has 0 aliphatic carbocycles. The van der Waals surface area contributed by atoms with Crippen LogP contribution in [-0.4, -0.2) is 40.4 Å². The zero-order chi connectivity index (χ0) is 33.9. The highest BCUT2D eigenvalue weighted by Gasteiger charge is 2.47. The standard InChI is InChI=1S/C41H47NO6/c1-29-18-17-23-33(26-29)34-28-37(47-36(34)24-15-7-5-3-4-6-8-16-25-43)38(44)35(27-31-19-11-9-12-20-31)40(45)42-30(2)39(48-41(42)46)32-21-13-10-14-22-32/h9-14,17-23,26,28,30,35,39,43H,3-8,15-16,24-25,27H2,1-2H3/t30-,35+,39-/m0/s1. The second kappa shape index (κ2) is 17.1. The zero-order valence-corrected chi connectivity index (χ0v) is 28.1. The number of nitrogens with zero attached hydrogens (tertiary/aromatic N) is 1. The lowest BCUT2D eigenvalue weighted by molar-refractivity contribution is -0.131. The number of carbonyl (C=O) groups is 3. The average Bonchev–Trinajstić information content (AvgIpc) is 3.66. The van der Waals surface area contributed by atoms with E-state index in [-0.39, 0.29) is 18.8 Å². The van der Waals surface area contributed by atoms with Crippen molar-refractivity contribution < 1.29 is 28.6 Å². The Morgan fingerprint density at radius 2 is 1.46 bits per heavy atom. The Morgan fingerprint density at radius 1 is 0.812 bits per heavy atom. The van der Waals surface area contributed by atoms with E-state index in [0.717, 1.165) is 83.4 Å². The minimum atomic E-state index is -1.17. The van der Waals surface area contributed by atoms with E-state index in [0.29, 0.717) is 6.42 Å². The molecule has 0 spiro atoms. The second-order valence-corrected chi connectivity index (χ2v) is 12.9. The molecule has 252 valence electrons. The number of aryl methyl sites for hydroxylation is 2. The lowest BCUT2D eigenvalue weighted by Crippen LogP contribution is -2.44. The molecule has 5 rings (SSSR count). The summed E-state index contributed by atoms with van der Waals surface area (Å²) in [5.74, 6) is -1.36. The van der Waals surface area contributed by atoms with Crippen molar-refractivity contribution in [3.63, 3.8) is 0 Å². The van der Waals surface area contributed by atoms with Gasteiger partial charge >= 0.3 is 6.09 Å². The summed E-state index contributed by atoms with van der Waals surface area (Å²) >= 11 is 0. The zero-order valence-electron chi connectivity index (χ0n) is 28.1. The number of furan rings is 1. The minimum absolute atomic E-state index is 0.124. The van der Waals surface area contributed by atoms with Crippen LogP contribution >= 0.6 is 0 Å². The number of aliphatic hydroxyl groups is 1. The van der Waals surface area contributed by atoms with Crippen molar-refractivity contribution in [2.75, 3.05) is 6.61 Å². The molecule has 0 bridgehead atoms. The van der Waals surface area contributed by atoms with Crippen molar-refractivity contribution >= 4 is 17.8 Å². The maximum absolute atomic E-state index is 14.4. The van der Waals surface area contributed by atoms with Crippen LogP contribution in [0.5, 0.6) is 0 Å². The quantitative estimate of drug-likeness (QED) is 0.0696. The molecule has 0 radical (unpaired) electrons. The van der Waals surface area contributed by atoms with Crippen molar-refractivity contribution in [1.82, 2.24) is 4.90 Å². The molecule has 7 heteroatoms. The molecule has 7 nitrogen and oxygen atoms in total. The third-order valence-electron chi connectivity index (χ3n) is 9.23. The van der Waals surface area contributed by atoms with Gasteiger partial charge in [0.15, 0.2) is 5.76 Å². The summed E-state index contributed by atoms with van der Waals surface area (Å²) in [6.07, 6.45) is 7.91. The molecular weight excluding hydrogens is 602 g/mol. The van der Waals surface area contributed by atoms with Gasteiger partial charge in [-0.25, -0.2) is 9.69 Å². The van der Waals surface area contributed by atoms with Crippen LogP contribution in [0.3, 0.4) is 0 Å². The Balaban J connectivity index is 1.39. The number of hydrogen-bond acceptors (Lipinski definition) is 6. The van der Waals surface area contributed by atoms with Gasteiger partial charge in [-0.15, -0.1) is 0 Å². The van der Waals surface area contributed by atoms with Crippen LogP contribution in [0, 0.1) is 12.8 Å². The lowest BCUT2D eigenvalue weighted by atomic mass is 9.91. The average molecular weight is 650 g/mol. The Labute approximate surface area is 283 Å². The Morgan fingerprint density at radius 3 is 2.12 bits per heavy atom. The number of ether oxygens (including phenoxy) is 1. The summed E-state index contributed by atoms with van der Waals surface area (Å²) < 4.78 is 12.0. The lowest BCUT2D eigenvalue weighted by Gasteiger charge is -2.23. The maximum atomic E-state index is 14.4. The molecule has 3 atom stereocenters. The van der Waals surface area contributed by atoms with Gasteiger partial charge in [-0.05, 0) is 55.9 Å². The number of carbonyl (C=O) groups excluding carboxylic acids is 3. The van der Waals surface area contributed by atoms with E-state index in [2.05, 4.69) is 6.07 Å². The molecule has 48 heavy (non-hydrogen) atoms. The van der Waals surface area contributed by atoms with Crippen LogP contribution in [0.1, 0.15) is 97.4 Å².